The number of aliphatic imine (C=N–C) groups is 1. The topological polar surface area (TPSA) is 86.0 Å². The molecule has 0 saturated carbocycles. The lowest BCUT2D eigenvalue weighted by Gasteiger charge is -2.26. The van der Waals surface area contributed by atoms with Crippen LogP contribution in [0.2, 0.25) is 0 Å². The molecule has 8 nitrogen and oxygen atoms in total. The van der Waals surface area contributed by atoms with Crippen molar-refractivity contribution in [2.24, 2.45) is 4.99 Å². The molecule has 1 aromatic carbocycles. The van der Waals surface area contributed by atoms with E-state index in [2.05, 4.69) is 32.4 Å². The van der Waals surface area contributed by atoms with E-state index in [0.717, 1.165) is 56.1 Å². The van der Waals surface area contributed by atoms with E-state index in [9.17, 15) is 4.79 Å². The summed E-state index contributed by atoms with van der Waals surface area (Å²) in [5.41, 5.74) is 2.99. The molecule has 0 aliphatic carbocycles. The Balaban J connectivity index is 0.00000363. The molecule has 3 rings (SSSR count). The van der Waals surface area contributed by atoms with Crippen molar-refractivity contribution in [1.29, 1.82) is 0 Å². The number of aryl methyl sites for hydroxylation is 1. The molecule has 0 bridgehead atoms. The van der Waals surface area contributed by atoms with Crippen molar-refractivity contribution in [2.75, 3.05) is 40.8 Å². The minimum Gasteiger partial charge on any atom is -0.444 e. The van der Waals surface area contributed by atoms with Gasteiger partial charge in [0.15, 0.2) is 5.96 Å². The summed E-state index contributed by atoms with van der Waals surface area (Å²) in [5, 5.41) is 6.61. The van der Waals surface area contributed by atoms with E-state index in [-0.39, 0.29) is 35.9 Å². The summed E-state index contributed by atoms with van der Waals surface area (Å²) in [6.07, 6.45) is 4.66. The number of likely N-dealkylation sites (tertiary alicyclic amines) is 1. The molecule has 1 aliphatic heterocycles. The Labute approximate surface area is 207 Å². The van der Waals surface area contributed by atoms with Crippen LogP contribution < -0.4 is 10.6 Å². The van der Waals surface area contributed by atoms with E-state index in [1.165, 1.54) is 5.56 Å². The number of nitrogens with one attached hydrogen (secondary N) is 2. The Hall–Kier alpha value is -2.14. The van der Waals surface area contributed by atoms with E-state index < -0.39 is 0 Å². The Kier molecular flexibility index (Phi) is 10.4. The van der Waals surface area contributed by atoms with Gasteiger partial charge in [-0.05, 0) is 44.9 Å². The molecule has 1 saturated heterocycles. The highest BCUT2D eigenvalue weighted by Crippen LogP contribution is 2.19. The van der Waals surface area contributed by atoms with E-state index >= 15 is 0 Å². The van der Waals surface area contributed by atoms with Crippen LogP contribution in [0.15, 0.2) is 39.9 Å². The number of carbonyl (C=O) groups excluding carboxylic acids is 1. The molecule has 1 aliphatic rings. The molecule has 0 spiro atoms. The van der Waals surface area contributed by atoms with Crippen LogP contribution in [0.25, 0.3) is 11.5 Å². The molecule has 9 heteroatoms. The minimum atomic E-state index is 0. The maximum absolute atomic E-state index is 12.3. The molecule has 176 valence electrons. The van der Waals surface area contributed by atoms with Gasteiger partial charge in [-0.15, -0.1) is 24.0 Å². The van der Waals surface area contributed by atoms with Gasteiger partial charge in [-0.25, -0.2) is 4.98 Å². The first-order chi connectivity index (χ1) is 15.0. The van der Waals surface area contributed by atoms with Gasteiger partial charge in [0.1, 0.15) is 6.26 Å². The highest BCUT2D eigenvalue weighted by molar-refractivity contribution is 14.0. The highest BCUT2D eigenvalue weighted by atomic mass is 127. The molecule has 2 heterocycles. The average Bonchev–Trinajstić information content (AvgIpc) is 3.43. The van der Waals surface area contributed by atoms with Gasteiger partial charge in [-0.3, -0.25) is 14.7 Å². The Morgan fingerprint density at radius 1 is 1.28 bits per heavy atom. The van der Waals surface area contributed by atoms with Gasteiger partial charge in [0.25, 0.3) is 0 Å². The Morgan fingerprint density at radius 2 is 2.03 bits per heavy atom. The van der Waals surface area contributed by atoms with Crippen LogP contribution in [-0.4, -0.2) is 73.5 Å². The number of oxazole rings is 1. The van der Waals surface area contributed by atoms with Crippen molar-refractivity contribution in [3.05, 3.63) is 41.8 Å². The summed E-state index contributed by atoms with van der Waals surface area (Å²) in [4.78, 5) is 25.1. The van der Waals surface area contributed by atoms with Crippen LogP contribution in [0.3, 0.4) is 0 Å². The molecule has 1 fully saturated rings. The lowest BCUT2D eigenvalue weighted by Crippen LogP contribution is -2.44. The standard InChI is InChI=1S/C23H34N6O2.HI/c1-17-8-10-18(11-9-17)21-27-19(16-31-21)15-26-23(24-2)25-12-6-14-29-13-5-7-20(29)22(30)28(3)4;/h8-11,16,20H,5-7,12-15H2,1-4H3,(H2,24,25,26);1H. The smallest absolute Gasteiger partial charge is 0.239 e. The second-order valence-corrected chi connectivity index (χ2v) is 8.14. The summed E-state index contributed by atoms with van der Waals surface area (Å²) in [6, 6.07) is 8.14. The van der Waals surface area contributed by atoms with Gasteiger partial charge >= 0.3 is 0 Å². The number of likely N-dealkylation sites (N-methyl/N-ethyl adjacent to an activating group) is 1. The third-order valence-electron chi connectivity index (χ3n) is 5.51. The van der Waals surface area contributed by atoms with Crippen LogP contribution >= 0.6 is 24.0 Å². The van der Waals surface area contributed by atoms with Crippen molar-refractivity contribution in [1.82, 2.24) is 25.4 Å². The highest BCUT2D eigenvalue weighted by Gasteiger charge is 2.30. The number of guanidine groups is 1. The normalized spacial score (nSPS) is 16.5. The van der Waals surface area contributed by atoms with Gasteiger partial charge in [0, 0.05) is 39.8 Å². The molecule has 2 N–H and O–H groups in total. The van der Waals surface area contributed by atoms with Crippen LogP contribution in [0.5, 0.6) is 0 Å². The third kappa shape index (κ3) is 7.19. The van der Waals surface area contributed by atoms with Gasteiger partial charge in [-0.1, -0.05) is 17.7 Å². The zero-order valence-electron chi connectivity index (χ0n) is 19.4. The third-order valence-corrected chi connectivity index (χ3v) is 5.51. The number of hydrogen-bond donors (Lipinski definition) is 2. The fraction of sp³-hybridized carbons (Fsp3) is 0.522. The monoisotopic (exact) mass is 554 g/mol. The van der Waals surface area contributed by atoms with Gasteiger partial charge in [-0.2, -0.15) is 0 Å². The maximum Gasteiger partial charge on any atom is 0.239 e. The molecule has 1 unspecified atom stereocenters. The van der Waals surface area contributed by atoms with Crippen molar-refractivity contribution >= 4 is 35.8 Å². The number of hydrogen-bond acceptors (Lipinski definition) is 5. The predicted molar refractivity (Wildman–Crippen MR) is 138 cm³/mol. The molecular formula is C23H35IN6O2. The molecule has 1 atom stereocenters. The average molecular weight is 554 g/mol. The zero-order chi connectivity index (χ0) is 22.2. The quantitative estimate of drug-likeness (QED) is 0.226. The van der Waals surface area contributed by atoms with E-state index in [1.54, 1.807) is 18.2 Å². The fourth-order valence-corrected chi connectivity index (χ4v) is 3.77. The van der Waals surface area contributed by atoms with Crippen LogP contribution in [0, 0.1) is 6.92 Å². The van der Waals surface area contributed by atoms with Crippen molar-refractivity contribution in [2.45, 2.75) is 38.8 Å². The largest absolute Gasteiger partial charge is 0.444 e. The molecule has 0 radical (unpaired) electrons. The first-order valence-corrected chi connectivity index (χ1v) is 10.9. The summed E-state index contributed by atoms with van der Waals surface area (Å²) in [7, 11) is 5.41. The summed E-state index contributed by atoms with van der Waals surface area (Å²) in [5.74, 6) is 1.55. The van der Waals surface area contributed by atoms with Gasteiger partial charge in [0.05, 0.1) is 18.3 Å². The summed E-state index contributed by atoms with van der Waals surface area (Å²) >= 11 is 0. The number of halogens is 1. The van der Waals surface area contributed by atoms with E-state index in [1.807, 2.05) is 38.4 Å². The van der Waals surface area contributed by atoms with E-state index in [0.29, 0.717) is 12.4 Å². The van der Waals surface area contributed by atoms with Crippen LogP contribution in [0.1, 0.15) is 30.5 Å². The van der Waals surface area contributed by atoms with Crippen LogP contribution in [0.4, 0.5) is 0 Å². The molecule has 1 amide bonds. The Bertz CT molecular complexity index is 881. The molecule has 1 aromatic heterocycles. The number of nitrogens with zero attached hydrogens (tertiary/aromatic N) is 4. The Morgan fingerprint density at radius 3 is 2.72 bits per heavy atom. The number of amides is 1. The summed E-state index contributed by atoms with van der Waals surface area (Å²) < 4.78 is 5.61. The predicted octanol–water partition coefficient (Wildman–Crippen LogP) is 2.88. The molecule has 32 heavy (non-hydrogen) atoms. The van der Waals surface area contributed by atoms with Crippen molar-refractivity contribution in [3.8, 4) is 11.5 Å². The first-order valence-electron chi connectivity index (χ1n) is 10.9. The molecule has 2 aromatic rings. The second-order valence-electron chi connectivity index (χ2n) is 8.14. The molecular weight excluding hydrogens is 519 g/mol. The maximum atomic E-state index is 12.3. The number of carbonyl (C=O) groups is 1. The number of rotatable bonds is 8. The van der Waals surface area contributed by atoms with E-state index in [4.69, 9.17) is 4.42 Å². The van der Waals surface area contributed by atoms with Gasteiger partial charge < -0.3 is 20.0 Å². The minimum absolute atomic E-state index is 0. The number of benzene rings is 1. The number of aromatic nitrogens is 1. The zero-order valence-corrected chi connectivity index (χ0v) is 21.8. The van der Waals surface area contributed by atoms with Crippen LogP contribution in [-0.2, 0) is 11.3 Å². The lowest BCUT2D eigenvalue weighted by molar-refractivity contribution is -0.133. The second kappa shape index (κ2) is 12.8. The SMILES string of the molecule is CN=C(NCCCN1CCCC1C(=O)N(C)C)NCc1coc(-c2ccc(C)cc2)n1.I. The summed E-state index contributed by atoms with van der Waals surface area (Å²) in [6.45, 7) is 5.26. The fourth-order valence-electron chi connectivity index (χ4n) is 3.77. The van der Waals surface area contributed by atoms with Crippen molar-refractivity contribution in [3.63, 3.8) is 0 Å². The lowest BCUT2D eigenvalue weighted by atomic mass is 10.1. The first kappa shape index (κ1) is 26.1. The van der Waals surface area contributed by atoms with Crippen molar-refractivity contribution < 1.29 is 9.21 Å². The van der Waals surface area contributed by atoms with Gasteiger partial charge in [0.2, 0.25) is 11.8 Å².